The molecule has 1 aromatic rings. The molecule has 104 valence electrons. The average molecular weight is 301 g/mol. The highest BCUT2D eigenvalue weighted by atomic mass is 32.2. The van der Waals surface area contributed by atoms with Gasteiger partial charge in [0.25, 0.3) is 0 Å². The van der Waals surface area contributed by atoms with Crippen LogP contribution in [-0.2, 0) is 14.8 Å². The van der Waals surface area contributed by atoms with Crippen molar-refractivity contribution in [2.75, 3.05) is 16.9 Å². The van der Waals surface area contributed by atoms with Crippen molar-refractivity contribution in [2.24, 2.45) is 5.14 Å². The fraction of sp³-hybridized carbons (Fsp3) is 0.364. The van der Waals surface area contributed by atoms with Crippen LogP contribution in [0.3, 0.4) is 0 Å². The molecule has 0 radical (unpaired) electrons. The number of nitrogens with two attached hydrogens (primary N) is 1. The van der Waals surface area contributed by atoms with E-state index in [1.807, 2.05) is 0 Å². The first-order valence-corrected chi connectivity index (χ1v) is 8.33. The van der Waals surface area contributed by atoms with Crippen molar-refractivity contribution < 1.29 is 13.2 Å². The first-order valence-electron chi connectivity index (χ1n) is 5.63. The van der Waals surface area contributed by atoms with Gasteiger partial charge in [-0.15, -0.1) is 11.8 Å². The van der Waals surface area contributed by atoms with Crippen LogP contribution >= 0.6 is 11.8 Å². The lowest BCUT2D eigenvalue weighted by Gasteiger charge is -2.13. The summed E-state index contributed by atoms with van der Waals surface area (Å²) in [7, 11) is -3.77. The number of primary sulfonamides is 1. The zero-order valence-corrected chi connectivity index (χ0v) is 12.0. The zero-order valence-electron chi connectivity index (χ0n) is 10.3. The maximum Gasteiger partial charge on any atom is 0.242 e. The Kier molecular flexibility index (Phi) is 4.14. The molecule has 4 N–H and O–H groups in total. The third kappa shape index (κ3) is 3.47. The van der Waals surface area contributed by atoms with Gasteiger partial charge in [0.2, 0.25) is 15.9 Å². The summed E-state index contributed by atoms with van der Waals surface area (Å²) in [6.45, 7) is 1.79. The summed E-state index contributed by atoms with van der Waals surface area (Å²) in [6.07, 6.45) is 0. The molecule has 1 saturated heterocycles. The number of benzene rings is 1. The van der Waals surface area contributed by atoms with Gasteiger partial charge in [0.1, 0.15) is 0 Å². The first kappa shape index (κ1) is 14.3. The van der Waals surface area contributed by atoms with Crippen molar-refractivity contribution in [3.8, 4) is 0 Å². The lowest BCUT2D eigenvalue weighted by molar-refractivity contribution is -0.117. The lowest BCUT2D eigenvalue weighted by Crippen LogP contribution is -2.37. The summed E-state index contributed by atoms with van der Waals surface area (Å²) >= 11 is 1.64. The van der Waals surface area contributed by atoms with Crippen LogP contribution in [0.4, 0.5) is 5.69 Å². The second-order valence-corrected chi connectivity index (χ2v) is 6.87. The van der Waals surface area contributed by atoms with Crippen LogP contribution < -0.4 is 15.8 Å². The van der Waals surface area contributed by atoms with E-state index in [2.05, 4.69) is 10.6 Å². The molecule has 1 amide bonds. The van der Waals surface area contributed by atoms with Crippen molar-refractivity contribution in [1.29, 1.82) is 0 Å². The average Bonchev–Trinajstić information content (AvgIpc) is 2.84. The van der Waals surface area contributed by atoms with Crippen LogP contribution in [0.15, 0.2) is 23.1 Å². The predicted octanol–water partition coefficient (Wildman–Crippen LogP) is 0.243. The van der Waals surface area contributed by atoms with Crippen LogP contribution in [0.5, 0.6) is 0 Å². The van der Waals surface area contributed by atoms with Gasteiger partial charge in [-0.3, -0.25) is 10.1 Å². The largest absolute Gasteiger partial charge is 0.324 e. The van der Waals surface area contributed by atoms with Gasteiger partial charge in [-0.1, -0.05) is 6.07 Å². The van der Waals surface area contributed by atoms with Gasteiger partial charge in [0.15, 0.2) is 0 Å². The van der Waals surface area contributed by atoms with E-state index >= 15 is 0 Å². The molecule has 6 nitrogen and oxygen atoms in total. The molecule has 0 saturated carbocycles. The summed E-state index contributed by atoms with van der Waals surface area (Å²) in [5, 5.41) is 10.9. The highest BCUT2D eigenvalue weighted by Gasteiger charge is 2.23. The molecule has 0 spiro atoms. The minimum atomic E-state index is -3.77. The highest BCUT2D eigenvalue weighted by Crippen LogP contribution is 2.20. The normalized spacial score (nSPS) is 19.4. The van der Waals surface area contributed by atoms with Gasteiger partial charge >= 0.3 is 0 Å². The number of anilines is 1. The van der Waals surface area contributed by atoms with Crippen molar-refractivity contribution in [1.82, 2.24) is 5.32 Å². The molecule has 0 aromatic heterocycles. The number of carbonyl (C=O) groups is 1. The predicted molar refractivity (Wildman–Crippen MR) is 75.4 cm³/mol. The Balaban J connectivity index is 2.22. The quantitative estimate of drug-likeness (QED) is 0.742. The Labute approximate surface area is 116 Å². The maximum absolute atomic E-state index is 12.0. The van der Waals surface area contributed by atoms with E-state index in [0.29, 0.717) is 11.4 Å². The number of hydrogen-bond acceptors (Lipinski definition) is 5. The summed E-state index contributed by atoms with van der Waals surface area (Å²) in [6, 6.07) is 4.17. The number of aryl methyl sites for hydroxylation is 1. The molecule has 2 rings (SSSR count). The Bertz CT molecular complexity index is 595. The van der Waals surface area contributed by atoms with Gasteiger partial charge in [-0.25, -0.2) is 13.6 Å². The van der Waals surface area contributed by atoms with Crippen LogP contribution in [0.2, 0.25) is 0 Å². The molecule has 19 heavy (non-hydrogen) atoms. The van der Waals surface area contributed by atoms with Crippen molar-refractivity contribution >= 4 is 33.4 Å². The summed E-state index contributed by atoms with van der Waals surface area (Å²) < 4.78 is 22.6. The van der Waals surface area contributed by atoms with Gasteiger partial charge in [0, 0.05) is 17.3 Å². The molecule has 1 aliphatic rings. The molecule has 1 heterocycles. The molecule has 1 unspecified atom stereocenters. The van der Waals surface area contributed by atoms with E-state index in [1.54, 1.807) is 24.8 Å². The highest BCUT2D eigenvalue weighted by molar-refractivity contribution is 7.99. The molecule has 1 aromatic carbocycles. The van der Waals surface area contributed by atoms with Crippen LogP contribution in [0.25, 0.3) is 0 Å². The Hall–Kier alpha value is -1.09. The molecule has 1 atom stereocenters. The van der Waals surface area contributed by atoms with E-state index < -0.39 is 10.0 Å². The molecule has 8 heteroatoms. The molecular weight excluding hydrogens is 286 g/mol. The summed E-state index contributed by atoms with van der Waals surface area (Å²) in [5.41, 5.74) is 1.25. The molecule has 1 aliphatic heterocycles. The lowest BCUT2D eigenvalue weighted by atomic mass is 10.2. The van der Waals surface area contributed by atoms with Crippen LogP contribution in [0.1, 0.15) is 5.56 Å². The van der Waals surface area contributed by atoms with E-state index in [1.165, 1.54) is 12.1 Å². The van der Waals surface area contributed by atoms with Crippen molar-refractivity contribution in [3.63, 3.8) is 0 Å². The molecule has 1 fully saturated rings. The Morgan fingerprint density at radius 1 is 1.53 bits per heavy atom. The molecule has 0 aliphatic carbocycles. The molecular formula is C11H15N3O3S2. The Morgan fingerprint density at radius 3 is 2.84 bits per heavy atom. The number of hydrogen-bond donors (Lipinski definition) is 3. The number of nitrogens with one attached hydrogen (secondary N) is 2. The number of amides is 1. The van der Waals surface area contributed by atoms with Gasteiger partial charge in [-0.05, 0) is 24.6 Å². The smallest absolute Gasteiger partial charge is 0.242 e. The fourth-order valence-corrected chi connectivity index (χ4v) is 3.18. The minimum Gasteiger partial charge on any atom is -0.324 e. The topological polar surface area (TPSA) is 101 Å². The van der Waals surface area contributed by atoms with Gasteiger partial charge < -0.3 is 5.32 Å². The number of thioether (sulfide) groups is 1. The number of sulfonamides is 1. The second-order valence-electron chi connectivity index (χ2n) is 4.28. The Morgan fingerprint density at radius 2 is 2.26 bits per heavy atom. The van der Waals surface area contributed by atoms with E-state index in [9.17, 15) is 13.2 Å². The van der Waals surface area contributed by atoms with E-state index in [0.717, 1.165) is 11.4 Å². The SMILES string of the molecule is Cc1ccc(S(N)(=O)=O)cc1NC(=O)C1CSCN1. The van der Waals surface area contributed by atoms with Crippen molar-refractivity contribution in [3.05, 3.63) is 23.8 Å². The summed E-state index contributed by atoms with van der Waals surface area (Å²) in [4.78, 5) is 11.9. The first-order chi connectivity index (χ1) is 8.88. The standard InChI is InChI=1S/C11H15N3O3S2/c1-7-2-3-8(19(12,16)17)4-9(7)14-11(15)10-5-18-6-13-10/h2-4,10,13H,5-6H2,1H3,(H,14,15)(H2,12,16,17). The third-order valence-electron chi connectivity index (χ3n) is 2.83. The molecule has 0 bridgehead atoms. The monoisotopic (exact) mass is 301 g/mol. The van der Waals surface area contributed by atoms with Gasteiger partial charge in [0.05, 0.1) is 10.9 Å². The maximum atomic E-state index is 12.0. The fourth-order valence-electron chi connectivity index (χ4n) is 1.70. The van der Waals surface area contributed by atoms with Gasteiger partial charge in [-0.2, -0.15) is 0 Å². The van der Waals surface area contributed by atoms with E-state index in [-0.39, 0.29) is 16.8 Å². The third-order valence-corrected chi connectivity index (χ3v) is 4.68. The minimum absolute atomic E-state index is 0.0119. The zero-order chi connectivity index (χ0) is 14.0. The summed E-state index contributed by atoms with van der Waals surface area (Å²) in [5.74, 6) is 1.29. The van der Waals surface area contributed by atoms with Crippen LogP contribution in [0, 0.1) is 6.92 Å². The van der Waals surface area contributed by atoms with Crippen LogP contribution in [-0.4, -0.2) is 32.0 Å². The number of carbonyl (C=O) groups excluding carboxylic acids is 1. The number of rotatable bonds is 3. The second kappa shape index (κ2) is 5.49. The van der Waals surface area contributed by atoms with E-state index in [4.69, 9.17) is 5.14 Å². The van der Waals surface area contributed by atoms with Crippen molar-refractivity contribution in [2.45, 2.75) is 17.9 Å².